The summed E-state index contributed by atoms with van der Waals surface area (Å²) in [4.78, 5) is 15.5. The summed E-state index contributed by atoms with van der Waals surface area (Å²) in [5, 5.41) is 0.801. The van der Waals surface area contributed by atoms with Crippen LogP contribution >= 0.6 is 11.8 Å². The number of amides is 1. The van der Waals surface area contributed by atoms with Gasteiger partial charge in [-0.3, -0.25) is 10.2 Å². The maximum Gasteiger partial charge on any atom is 0.265 e. The number of benzene rings is 1. The van der Waals surface area contributed by atoms with E-state index in [1.807, 2.05) is 23.6 Å². The molecule has 0 saturated heterocycles. The number of nitrogens with one attached hydrogen (secondary N) is 1. The number of hydrogen-bond acceptors (Lipinski definition) is 4. The summed E-state index contributed by atoms with van der Waals surface area (Å²) in [5.74, 6) is 4.66. The third-order valence-electron chi connectivity index (χ3n) is 2.45. The number of rotatable bonds is 4. The van der Waals surface area contributed by atoms with Crippen molar-refractivity contribution in [2.45, 2.75) is 10.8 Å². The van der Waals surface area contributed by atoms with Gasteiger partial charge in [-0.05, 0) is 35.9 Å². The van der Waals surface area contributed by atoms with Crippen LogP contribution in [0, 0.1) is 5.82 Å². The number of carbonyl (C=O) groups is 1. The SMILES string of the molecule is NNC(=O)c1ccc(F)c(CSc2ccccn2)c1. The first-order valence-electron chi connectivity index (χ1n) is 5.54. The third-order valence-corrected chi connectivity index (χ3v) is 3.44. The summed E-state index contributed by atoms with van der Waals surface area (Å²) in [7, 11) is 0. The highest BCUT2D eigenvalue weighted by Crippen LogP contribution is 2.22. The molecule has 0 atom stereocenters. The van der Waals surface area contributed by atoms with Gasteiger partial charge >= 0.3 is 0 Å². The molecule has 3 N–H and O–H groups in total. The number of hydrogen-bond donors (Lipinski definition) is 2. The summed E-state index contributed by atoms with van der Waals surface area (Å²) in [6.07, 6.45) is 1.68. The van der Waals surface area contributed by atoms with E-state index in [4.69, 9.17) is 5.84 Å². The minimum absolute atomic E-state index is 0.334. The Morgan fingerprint density at radius 3 is 2.89 bits per heavy atom. The lowest BCUT2D eigenvalue weighted by Crippen LogP contribution is -2.30. The molecule has 1 aromatic heterocycles. The van der Waals surface area contributed by atoms with Crippen molar-refractivity contribution in [1.82, 2.24) is 10.4 Å². The van der Waals surface area contributed by atoms with Crippen molar-refractivity contribution in [1.29, 1.82) is 0 Å². The largest absolute Gasteiger partial charge is 0.290 e. The second-order valence-electron chi connectivity index (χ2n) is 3.74. The number of nitrogens with zero attached hydrogens (tertiary/aromatic N) is 1. The van der Waals surface area contributed by atoms with Crippen molar-refractivity contribution >= 4 is 17.7 Å². The lowest BCUT2D eigenvalue weighted by Gasteiger charge is -2.05. The summed E-state index contributed by atoms with van der Waals surface area (Å²) >= 11 is 1.40. The van der Waals surface area contributed by atoms with Crippen LogP contribution in [0.2, 0.25) is 0 Å². The highest BCUT2D eigenvalue weighted by atomic mass is 32.2. The van der Waals surface area contributed by atoms with E-state index in [9.17, 15) is 9.18 Å². The van der Waals surface area contributed by atoms with Crippen LogP contribution in [-0.4, -0.2) is 10.9 Å². The number of carbonyl (C=O) groups excluding carboxylic acids is 1. The zero-order valence-corrected chi connectivity index (χ0v) is 10.8. The molecule has 0 aliphatic rings. The van der Waals surface area contributed by atoms with Crippen LogP contribution in [0.3, 0.4) is 0 Å². The molecule has 0 bridgehead atoms. The van der Waals surface area contributed by atoms with E-state index < -0.39 is 5.91 Å². The van der Waals surface area contributed by atoms with Crippen LogP contribution < -0.4 is 11.3 Å². The summed E-state index contributed by atoms with van der Waals surface area (Å²) in [6.45, 7) is 0. The molecule has 0 radical (unpaired) electrons. The fourth-order valence-electron chi connectivity index (χ4n) is 1.49. The average molecular weight is 277 g/mol. The van der Waals surface area contributed by atoms with Crippen molar-refractivity contribution in [3.8, 4) is 0 Å². The fraction of sp³-hybridized carbons (Fsp3) is 0.0769. The molecule has 19 heavy (non-hydrogen) atoms. The van der Waals surface area contributed by atoms with Crippen molar-refractivity contribution in [3.63, 3.8) is 0 Å². The van der Waals surface area contributed by atoms with Crippen LogP contribution in [-0.2, 0) is 5.75 Å². The van der Waals surface area contributed by atoms with E-state index in [1.54, 1.807) is 6.20 Å². The van der Waals surface area contributed by atoms with Gasteiger partial charge in [-0.15, -0.1) is 11.8 Å². The van der Waals surface area contributed by atoms with Crippen molar-refractivity contribution in [3.05, 3.63) is 59.5 Å². The molecule has 6 heteroatoms. The number of halogens is 1. The number of nitrogen functional groups attached to an aromatic ring is 1. The second-order valence-corrected chi connectivity index (χ2v) is 4.73. The summed E-state index contributed by atoms with van der Waals surface area (Å²) in [6, 6.07) is 9.68. The third kappa shape index (κ3) is 3.52. The van der Waals surface area contributed by atoms with Gasteiger partial charge < -0.3 is 0 Å². The quantitative estimate of drug-likeness (QED) is 0.389. The summed E-state index contributed by atoms with van der Waals surface area (Å²) in [5.41, 5.74) is 2.80. The first-order valence-corrected chi connectivity index (χ1v) is 6.52. The van der Waals surface area contributed by atoms with Crippen molar-refractivity contribution < 1.29 is 9.18 Å². The van der Waals surface area contributed by atoms with Crippen LogP contribution in [0.15, 0.2) is 47.6 Å². The van der Waals surface area contributed by atoms with Gasteiger partial charge in [0.25, 0.3) is 5.91 Å². The fourth-order valence-corrected chi connectivity index (χ4v) is 2.33. The number of nitrogens with two attached hydrogens (primary N) is 1. The van der Waals surface area contributed by atoms with Gasteiger partial charge in [0, 0.05) is 17.5 Å². The van der Waals surface area contributed by atoms with Gasteiger partial charge in [0.1, 0.15) is 5.82 Å². The predicted molar refractivity (Wildman–Crippen MR) is 71.9 cm³/mol. The van der Waals surface area contributed by atoms with Gasteiger partial charge in [-0.25, -0.2) is 15.2 Å². The second kappa shape index (κ2) is 6.31. The Bertz CT molecular complexity index is 577. The molecule has 0 fully saturated rings. The number of aromatic nitrogens is 1. The number of pyridine rings is 1. The molecule has 2 aromatic rings. The average Bonchev–Trinajstić information content (AvgIpc) is 2.46. The molecule has 4 nitrogen and oxygen atoms in total. The van der Waals surface area contributed by atoms with Gasteiger partial charge in [-0.2, -0.15) is 0 Å². The molecule has 1 amide bonds. The van der Waals surface area contributed by atoms with Crippen LogP contribution in [0.1, 0.15) is 15.9 Å². The topological polar surface area (TPSA) is 68.0 Å². The zero-order chi connectivity index (χ0) is 13.7. The van der Waals surface area contributed by atoms with E-state index >= 15 is 0 Å². The molecule has 0 aliphatic carbocycles. The number of thioether (sulfide) groups is 1. The Kier molecular flexibility index (Phi) is 4.48. The Hall–Kier alpha value is -1.92. The first kappa shape index (κ1) is 13.5. The molecule has 0 aliphatic heterocycles. The van der Waals surface area contributed by atoms with Gasteiger partial charge in [0.05, 0.1) is 5.03 Å². The van der Waals surface area contributed by atoms with Crippen molar-refractivity contribution in [2.24, 2.45) is 5.84 Å². The first-order chi connectivity index (χ1) is 9.20. The molecule has 1 heterocycles. The minimum Gasteiger partial charge on any atom is -0.290 e. The molecular formula is C13H12FN3OS. The van der Waals surface area contributed by atoms with Gasteiger partial charge in [0.2, 0.25) is 0 Å². The molecular weight excluding hydrogens is 265 g/mol. The maximum absolute atomic E-state index is 13.6. The molecule has 0 spiro atoms. The lowest BCUT2D eigenvalue weighted by atomic mass is 10.1. The van der Waals surface area contributed by atoms with E-state index in [0.29, 0.717) is 16.9 Å². The highest BCUT2D eigenvalue weighted by Gasteiger charge is 2.09. The van der Waals surface area contributed by atoms with Crippen LogP contribution in [0.5, 0.6) is 0 Å². The molecule has 0 unspecified atom stereocenters. The molecule has 2 rings (SSSR count). The Balaban J connectivity index is 2.13. The lowest BCUT2D eigenvalue weighted by molar-refractivity contribution is 0.0953. The Labute approximate surface area is 114 Å². The van der Waals surface area contributed by atoms with E-state index in [2.05, 4.69) is 4.98 Å². The predicted octanol–water partition coefficient (Wildman–Crippen LogP) is 2.12. The van der Waals surface area contributed by atoms with Crippen molar-refractivity contribution in [2.75, 3.05) is 0 Å². The monoisotopic (exact) mass is 277 g/mol. The van der Waals surface area contributed by atoms with Gasteiger partial charge in [0.15, 0.2) is 0 Å². The standard InChI is InChI=1S/C13H12FN3OS/c14-11-5-4-9(13(18)17-15)7-10(11)8-19-12-3-1-2-6-16-12/h1-7H,8,15H2,(H,17,18). The molecule has 1 aromatic carbocycles. The van der Waals surface area contributed by atoms with E-state index in [0.717, 1.165) is 5.03 Å². The summed E-state index contributed by atoms with van der Waals surface area (Å²) < 4.78 is 13.6. The minimum atomic E-state index is -0.441. The highest BCUT2D eigenvalue weighted by molar-refractivity contribution is 7.98. The molecule has 0 saturated carbocycles. The maximum atomic E-state index is 13.6. The Morgan fingerprint density at radius 1 is 1.37 bits per heavy atom. The van der Waals surface area contributed by atoms with Crippen LogP contribution in [0.25, 0.3) is 0 Å². The van der Waals surface area contributed by atoms with Gasteiger partial charge in [-0.1, -0.05) is 6.07 Å². The smallest absolute Gasteiger partial charge is 0.265 e. The normalized spacial score (nSPS) is 10.2. The molecule has 98 valence electrons. The zero-order valence-electron chi connectivity index (χ0n) is 9.97. The van der Waals surface area contributed by atoms with E-state index in [1.165, 1.54) is 30.0 Å². The number of hydrazine groups is 1. The van der Waals surface area contributed by atoms with E-state index in [-0.39, 0.29) is 5.82 Å². The Morgan fingerprint density at radius 2 is 2.21 bits per heavy atom. The van der Waals surface area contributed by atoms with Crippen LogP contribution in [0.4, 0.5) is 4.39 Å².